The van der Waals surface area contributed by atoms with Crippen molar-refractivity contribution in [2.45, 2.75) is 6.54 Å². The van der Waals surface area contributed by atoms with Gasteiger partial charge in [0.05, 0.1) is 12.7 Å². The summed E-state index contributed by atoms with van der Waals surface area (Å²) >= 11 is 0. The zero-order valence-electron chi connectivity index (χ0n) is 8.21. The third kappa shape index (κ3) is 1.81. The lowest BCUT2D eigenvalue weighted by molar-refractivity contribution is 0.0988. The molecule has 4 nitrogen and oxygen atoms in total. The minimum Gasteiger partial charge on any atom is -0.364 e. The Morgan fingerprint density at radius 2 is 1.94 bits per heavy atom. The topological polar surface area (TPSA) is 63.8 Å². The van der Waals surface area contributed by atoms with E-state index < -0.39 is 17.5 Å². The summed E-state index contributed by atoms with van der Waals surface area (Å²) in [4.78, 5) is 10.6. The van der Waals surface area contributed by atoms with Crippen LogP contribution in [0.25, 0.3) is 0 Å². The first-order chi connectivity index (χ1) is 7.58. The van der Waals surface area contributed by atoms with Crippen LogP contribution in [0.3, 0.4) is 0 Å². The summed E-state index contributed by atoms with van der Waals surface area (Å²) in [6, 6.07) is 3.65. The van der Waals surface area contributed by atoms with E-state index in [1.165, 1.54) is 29.1 Å². The maximum Gasteiger partial charge on any atom is 0.268 e. The van der Waals surface area contributed by atoms with Gasteiger partial charge in [0, 0.05) is 5.56 Å². The highest BCUT2D eigenvalue weighted by Gasteiger charge is 2.12. The molecule has 1 amide bonds. The summed E-state index contributed by atoms with van der Waals surface area (Å²) in [6.07, 6.45) is 1.40. The van der Waals surface area contributed by atoms with Crippen LogP contribution in [0.1, 0.15) is 16.1 Å². The quantitative estimate of drug-likeness (QED) is 0.811. The Morgan fingerprint density at radius 1 is 1.38 bits per heavy atom. The molecule has 0 radical (unpaired) electrons. The minimum absolute atomic E-state index is 0.00468. The smallest absolute Gasteiger partial charge is 0.268 e. The van der Waals surface area contributed by atoms with E-state index in [2.05, 4.69) is 5.10 Å². The zero-order chi connectivity index (χ0) is 11.7. The molecular weight excluding hydrogens is 216 g/mol. The van der Waals surface area contributed by atoms with E-state index in [0.29, 0.717) is 0 Å². The standard InChI is InChI=1S/C10H9F2N3O/c11-7-2-1-3-8(12)6(7)4-15-5-9(14-15)10(13)16/h1-3,5,14H,4H2,(H2,13,16). The van der Waals surface area contributed by atoms with Crippen molar-refractivity contribution in [2.75, 3.05) is 0 Å². The number of rotatable bonds is 3. The van der Waals surface area contributed by atoms with Gasteiger partial charge in [0.25, 0.3) is 5.91 Å². The molecular formula is C10H9F2N3O. The van der Waals surface area contributed by atoms with Gasteiger partial charge in [0.15, 0.2) is 0 Å². The van der Waals surface area contributed by atoms with E-state index >= 15 is 0 Å². The van der Waals surface area contributed by atoms with Gasteiger partial charge >= 0.3 is 0 Å². The van der Waals surface area contributed by atoms with Gasteiger partial charge in [-0.25, -0.2) is 8.78 Å². The fraction of sp³-hybridized carbons (Fsp3) is 0.100. The number of aromatic nitrogens is 2. The van der Waals surface area contributed by atoms with Crippen LogP contribution in [0.5, 0.6) is 0 Å². The number of nitrogens with one attached hydrogen (secondary N) is 1. The van der Waals surface area contributed by atoms with Crippen LogP contribution in [-0.4, -0.2) is 15.7 Å². The number of halogens is 2. The summed E-state index contributed by atoms with van der Waals surface area (Å²) in [5.74, 6) is -1.85. The normalized spacial score (nSPS) is 10.6. The Bertz CT molecular complexity index is 498. The maximum atomic E-state index is 13.2. The first-order valence-electron chi connectivity index (χ1n) is 4.56. The van der Waals surface area contributed by atoms with Crippen LogP contribution in [-0.2, 0) is 6.54 Å². The largest absolute Gasteiger partial charge is 0.364 e. The number of amides is 1. The highest BCUT2D eigenvalue weighted by molar-refractivity contribution is 5.90. The number of nitrogens with zero attached hydrogens (tertiary/aromatic N) is 1. The second-order valence-electron chi connectivity index (χ2n) is 3.35. The number of carbonyl (C=O) groups is 1. The van der Waals surface area contributed by atoms with Crippen molar-refractivity contribution >= 4 is 5.91 Å². The molecule has 0 spiro atoms. The molecule has 0 aliphatic rings. The molecule has 1 heterocycles. The lowest BCUT2D eigenvalue weighted by atomic mass is 10.2. The summed E-state index contributed by atoms with van der Waals surface area (Å²) < 4.78 is 27.8. The van der Waals surface area contributed by atoms with Crippen LogP contribution in [0.2, 0.25) is 0 Å². The van der Waals surface area contributed by atoms with Crippen molar-refractivity contribution in [3.63, 3.8) is 0 Å². The third-order valence-corrected chi connectivity index (χ3v) is 2.20. The first kappa shape index (κ1) is 10.4. The van der Waals surface area contributed by atoms with Gasteiger partial charge in [-0.05, 0) is 12.1 Å². The predicted octanol–water partition coefficient (Wildman–Crippen LogP) is 1.24. The molecule has 84 valence electrons. The van der Waals surface area contributed by atoms with E-state index in [4.69, 9.17) is 5.73 Å². The molecule has 1 aromatic heterocycles. The number of nitrogens with two attached hydrogens (primary N) is 1. The summed E-state index contributed by atoms with van der Waals surface area (Å²) in [5, 5.41) is 2.57. The van der Waals surface area contributed by atoms with Crippen molar-refractivity contribution in [1.29, 1.82) is 0 Å². The van der Waals surface area contributed by atoms with Crippen LogP contribution >= 0.6 is 0 Å². The highest BCUT2D eigenvalue weighted by Crippen LogP contribution is 2.13. The molecule has 3 N–H and O–H groups in total. The fourth-order valence-corrected chi connectivity index (χ4v) is 1.36. The lowest BCUT2D eigenvalue weighted by Crippen LogP contribution is -2.23. The summed E-state index contributed by atoms with van der Waals surface area (Å²) in [5.41, 5.74) is 5.13. The molecule has 0 aliphatic carbocycles. The van der Waals surface area contributed by atoms with Gasteiger partial charge in [-0.15, -0.1) is 0 Å². The van der Waals surface area contributed by atoms with Crippen molar-refractivity contribution < 1.29 is 13.6 Å². The molecule has 0 unspecified atom stereocenters. The third-order valence-electron chi connectivity index (χ3n) is 2.20. The summed E-state index contributed by atoms with van der Waals surface area (Å²) in [7, 11) is 0. The van der Waals surface area contributed by atoms with E-state index in [1.54, 1.807) is 0 Å². The van der Waals surface area contributed by atoms with E-state index in [1.807, 2.05) is 0 Å². The number of aromatic amines is 1. The SMILES string of the molecule is NC(=O)c1cn(Cc2c(F)cccc2F)[nH]1. The molecule has 2 aromatic rings. The molecule has 0 aliphatic heterocycles. The van der Waals surface area contributed by atoms with Gasteiger partial charge < -0.3 is 5.73 Å². The van der Waals surface area contributed by atoms with E-state index in [0.717, 1.165) is 0 Å². The molecule has 0 saturated heterocycles. The Kier molecular flexibility index (Phi) is 2.47. The van der Waals surface area contributed by atoms with Crippen LogP contribution < -0.4 is 5.73 Å². The maximum absolute atomic E-state index is 13.2. The second kappa shape index (κ2) is 3.80. The molecule has 0 atom stereocenters. The fourth-order valence-electron chi connectivity index (χ4n) is 1.36. The Morgan fingerprint density at radius 3 is 2.44 bits per heavy atom. The average Bonchev–Trinajstić information content (AvgIpc) is 2.13. The average molecular weight is 225 g/mol. The van der Waals surface area contributed by atoms with Crippen molar-refractivity contribution in [1.82, 2.24) is 9.78 Å². The van der Waals surface area contributed by atoms with E-state index in [9.17, 15) is 13.6 Å². The molecule has 1 aromatic carbocycles. The molecule has 2 rings (SSSR count). The van der Waals surface area contributed by atoms with Gasteiger partial charge in [0.2, 0.25) is 0 Å². The second-order valence-corrected chi connectivity index (χ2v) is 3.35. The van der Waals surface area contributed by atoms with Gasteiger partial charge in [0.1, 0.15) is 17.3 Å². The number of hydrogen-bond donors (Lipinski definition) is 2. The van der Waals surface area contributed by atoms with Gasteiger partial charge in [-0.3, -0.25) is 14.6 Å². The summed E-state index contributed by atoms with van der Waals surface area (Å²) in [6.45, 7) is -0.00468. The van der Waals surface area contributed by atoms with E-state index in [-0.39, 0.29) is 17.8 Å². The van der Waals surface area contributed by atoms with Crippen LogP contribution in [0.4, 0.5) is 8.78 Å². The van der Waals surface area contributed by atoms with Crippen LogP contribution in [0.15, 0.2) is 24.4 Å². The van der Waals surface area contributed by atoms with Gasteiger partial charge in [-0.1, -0.05) is 6.07 Å². The molecule has 0 saturated carbocycles. The zero-order valence-corrected chi connectivity index (χ0v) is 8.21. The molecule has 16 heavy (non-hydrogen) atoms. The number of primary amides is 1. The number of carbonyl (C=O) groups excluding carboxylic acids is 1. The molecule has 0 bridgehead atoms. The number of hydrogen-bond acceptors (Lipinski definition) is 1. The molecule has 0 fully saturated rings. The Labute approximate surface area is 89.6 Å². The van der Waals surface area contributed by atoms with Crippen molar-refractivity contribution in [3.8, 4) is 0 Å². The van der Waals surface area contributed by atoms with Crippen LogP contribution in [0, 0.1) is 11.6 Å². The molecule has 6 heteroatoms. The Balaban J connectivity index is 2.18. The van der Waals surface area contributed by atoms with Crippen molar-refractivity contribution in [2.24, 2.45) is 5.73 Å². The monoisotopic (exact) mass is 225 g/mol. The highest BCUT2D eigenvalue weighted by atomic mass is 19.1. The number of H-pyrrole nitrogens is 1. The predicted molar refractivity (Wildman–Crippen MR) is 52.8 cm³/mol. The minimum atomic E-state index is -0.622. The van der Waals surface area contributed by atoms with Crippen molar-refractivity contribution in [3.05, 3.63) is 47.3 Å². The van der Waals surface area contributed by atoms with Gasteiger partial charge in [-0.2, -0.15) is 0 Å². The lowest BCUT2D eigenvalue weighted by Gasteiger charge is -2.14. The first-order valence-corrected chi connectivity index (χ1v) is 4.56. The Hall–Kier alpha value is -2.11. The number of benzene rings is 1.